The summed E-state index contributed by atoms with van der Waals surface area (Å²) in [4.78, 5) is 0. The molecular weight excluding hydrogens is 810 g/mol. The quantitative estimate of drug-likeness (QED) is 0.142. The smallest absolute Gasteiger partial charge is 0.187 e. The molecule has 0 bridgehead atoms. The van der Waals surface area contributed by atoms with Gasteiger partial charge in [0.2, 0.25) is 0 Å². The van der Waals surface area contributed by atoms with Gasteiger partial charge in [0, 0.05) is 12.5 Å². The molecule has 17 heteroatoms. The summed E-state index contributed by atoms with van der Waals surface area (Å²) in [6.45, 7) is 10.8. The zero-order valence-electron chi connectivity index (χ0n) is 36.7. The fourth-order valence-corrected chi connectivity index (χ4v) is 14.2. The van der Waals surface area contributed by atoms with Crippen molar-refractivity contribution in [1.82, 2.24) is 5.32 Å². The number of piperidine rings is 1. The van der Waals surface area contributed by atoms with Crippen LogP contribution in [0.1, 0.15) is 92.4 Å². The molecule has 62 heavy (non-hydrogen) atoms. The topological polar surface area (TPSA) is 259 Å². The van der Waals surface area contributed by atoms with Crippen LogP contribution >= 0.6 is 0 Å². The standard InChI is InChI=1S/C45H73NO16/c1-19-8-13-45(46-16-19)20(2)30-27(62-45)15-26-24-7-6-22-14-23(9-11-43(22,4)25(24)10-12-44(26,30)5)57-42-39(61-40-36(54)34(52)31(49)21(3)56-40)38(33(51)29(18-48)59-42)60-41-37(55)35(53)32(50)28(17-47)58-41/h6,19-21,23-42,46-55H,7-18H2,1-5H3/t19-,20+,21+,23+,24-,25+,26+,27+,28-,29-,30+,31+,32-,33+,34-,35+,36-,37-,38+,39-,40+,41+,42-,43?,44?,45-/m1/s1. The summed E-state index contributed by atoms with van der Waals surface area (Å²) in [7, 11) is 0. The van der Waals surface area contributed by atoms with Crippen LogP contribution in [0, 0.1) is 46.3 Å². The number of fused-ring (bicyclic) bond motifs is 7. The maximum absolute atomic E-state index is 11.6. The lowest BCUT2D eigenvalue weighted by Crippen LogP contribution is -2.67. The van der Waals surface area contributed by atoms with E-state index in [4.69, 9.17) is 33.2 Å². The van der Waals surface area contributed by atoms with Crippen molar-refractivity contribution in [3.8, 4) is 0 Å². The van der Waals surface area contributed by atoms with Crippen molar-refractivity contribution in [3.63, 3.8) is 0 Å². The Labute approximate surface area is 364 Å². The third-order valence-electron chi connectivity index (χ3n) is 17.9. The second-order valence-corrected chi connectivity index (χ2v) is 21.2. The highest BCUT2D eigenvalue weighted by molar-refractivity contribution is 5.26. The van der Waals surface area contributed by atoms with E-state index in [0.29, 0.717) is 48.3 Å². The van der Waals surface area contributed by atoms with Crippen molar-refractivity contribution >= 4 is 0 Å². The van der Waals surface area contributed by atoms with Crippen LogP contribution in [0.4, 0.5) is 0 Å². The van der Waals surface area contributed by atoms with E-state index < -0.39 is 111 Å². The zero-order valence-corrected chi connectivity index (χ0v) is 36.7. The SMILES string of the molecule is C[C@@H]1CC[C@@]2(NC1)O[C@H]1C[C@H]3[C@@H]4CC=C5C[C@@H](O[C@@H]6O[C@H](CO)[C@H](O)[C@H](O[C@@H]7O[C@H](CO)[C@@H](O)[C@H](O)[C@H]7O)[C@H]6O[C@@H]6O[C@@H](C)[C@H](O)[C@@H](O)[C@H]6O)CCC5(C)[C@H]4CCC3(C)[C@H]1[C@@H]2C. The lowest BCUT2D eigenvalue weighted by molar-refractivity contribution is -0.394. The number of hydrogen-bond donors (Lipinski definition) is 10. The summed E-state index contributed by atoms with van der Waals surface area (Å²) in [5.74, 6) is 3.32. The van der Waals surface area contributed by atoms with Crippen molar-refractivity contribution in [2.75, 3.05) is 19.8 Å². The van der Waals surface area contributed by atoms with Crippen LogP contribution in [0.5, 0.6) is 0 Å². The van der Waals surface area contributed by atoms with Crippen molar-refractivity contribution in [2.24, 2.45) is 46.3 Å². The van der Waals surface area contributed by atoms with E-state index in [0.717, 1.165) is 38.6 Å². The number of nitrogens with one attached hydrogen (secondary N) is 1. The molecule has 2 unspecified atom stereocenters. The van der Waals surface area contributed by atoms with Gasteiger partial charge in [-0.05, 0) is 105 Å². The summed E-state index contributed by atoms with van der Waals surface area (Å²) < 4.78 is 43.9. The molecule has 10 N–H and O–H groups in total. The van der Waals surface area contributed by atoms with E-state index in [1.54, 1.807) is 0 Å². The van der Waals surface area contributed by atoms with E-state index in [1.165, 1.54) is 25.3 Å². The van der Waals surface area contributed by atoms with Crippen LogP contribution in [-0.2, 0) is 33.2 Å². The molecule has 0 amide bonds. The van der Waals surface area contributed by atoms with Gasteiger partial charge < -0.3 is 79.1 Å². The second-order valence-electron chi connectivity index (χ2n) is 21.2. The first-order valence-electron chi connectivity index (χ1n) is 23.5. The molecule has 0 aromatic rings. The number of aliphatic hydroxyl groups is 9. The van der Waals surface area contributed by atoms with Crippen molar-refractivity contribution in [3.05, 3.63) is 11.6 Å². The molecule has 26 atom stereocenters. The zero-order chi connectivity index (χ0) is 44.2. The summed E-state index contributed by atoms with van der Waals surface area (Å²) >= 11 is 0. The number of rotatable bonds is 8. The van der Waals surface area contributed by atoms with Crippen LogP contribution in [0.15, 0.2) is 11.6 Å². The van der Waals surface area contributed by atoms with Crippen LogP contribution in [0.3, 0.4) is 0 Å². The Kier molecular flexibility index (Phi) is 12.9. The van der Waals surface area contributed by atoms with E-state index in [-0.39, 0.29) is 22.7 Å². The molecule has 9 rings (SSSR count). The Bertz CT molecular complexity index is 1610. The third-order valence-corrected chi connectivity index (χ3v) is 17.9. The van der Waals surface area contributed by atoms with E-state index >= 15 is 0 Å². The fraction of sp³-hybridized carbons (Fsp3) is 0.956. The second kappa shape index (κ2) is 17.3. The van der Waals surface area contributed by atoms with Crippen molar-refractivity contribution < 1.29 is 79.1 Å². The first-order valence-corrected chi connectivity index (χ1v) is 23.5. The van der Waals surface area contributed by atoms with E-state index in [9.17, 15) is 46.0 Å². The monoisotopic (exact) mass is 883 g/mol. The highest BCUT2D eigenvalue weighted by Gasteiger charge is 2.68. The van der Waals surface area contributed by atoms with Gasteiger partial charge in [-0.1, -0.05) is 39.3 Å². The van der Waals surface area contributed by atoms with Crippen molar-refractivity contribution in [2.45, 2.75) is 202 Å². The lowest BCUT2D eigenvalue weighted by atomic mass is 9.47. The predicted molar refractivity (Wildman–Crippen MR) is 216 cm³/mol. The summed E-state index contributed by atoms with van der Waals surface area (Å²) in [5, 5.41) is 99.7. The third kappa shape index (κ3) is 7.49. The highest BCUT2D eigenvalue weighted by atomic mass is 16.8. The van der Waals surface area contributed by atoms with Gasteiger partial charge in [0.05, 0.1) is 31.5 Å². The molecule has 5 saturated heterocycles. The summed E-state index contributed by atoms with van der Waals surface area (Å²) in [6.07, 6.45) is -11.9. The molecule has 3 saturated carbocycles. The first-order chi connectivity index (χ1) is 29.4. The van der Waals surface area contributed by atoms with Gasteiger partial charge in [-0.3, -0.25) is 5.32 Å². The van der Waals surface area contributed by atoms with Crippen molar-refractivity contribution in [1.29, 1.82) is 0 Å². The van der Waals surface area contributed by atoms with Crippen LogP contribution in [0.25, 0.3) is 0 Å². The number of ether oxygens (including phenoxy) is 7. The van der Waals surface area contributed by atoms with Gasteiger partial charge in [-0.25, -0.2) is 0 Å². The Morgan fingerprint density at radius 1 is 0.694 bits per heavy atom. The Balaban J connectivity index is 0.940. The maximum Gasteiger partial charge on any atom is 0.187 e. The highest BCUT2D eigenvalue weighted by Crippen LogP contribution is 2.70. The molecule has 5 aliphatic heterocycles. The van der Waals surface area contributed by atoms with Gasteiger partial charge in [0.15, 0.2) is 18.9 Å². The van der Waals surface area contributed by atoms with E-state index in [2.05, 4.69) is 39.1 Å². The van der Waals surface area contributed by atoms with Gasteiger partial charge >= 0.3 is 0 Å². The molecule has 9 aliphatic rings. The first kappa shape index (κ1) is 46.2. The van der Waals surface area contributed by atoms with Gasteiger partial charge in [-0.15, -0.1) is 0 Å². The van der Waals surface area contributed by atoms with Crippen LogP contribution < -0.4 is 5.32 Å². The average molecular weight is 884 g/mol. The minimum Gasteiger partial charge on any atom is -0.394 e. The molecule has 0 aromatic carbocycles. The minimum absolute atomic E-state index is 0.0361. The maximum atomic E-state index is 11.6. The number of allylic oxidation sites excluding steroid dienone is 1. The van der Waals surface area contributed by atoms with E-state index in [1.807, 2.05) is 0 Å². The van der Waals surface area contributed by atoms with Crippen LogP contribution in [-0.4, -0.2) is 176 Å². The molecule has 17 nitrogen and oxygen atoms in total. The average Bonchev–Trinajstić information content (AvgIpc) is 3.70. The normalized spacial score (nSPS) is 57.6. The van der Waals surface area contributed by atoms with Gasteiger partial charge in [-0.2, -0.15) is 0 Å². The lowest BCUT2D eigenvalue weighted by Gasteiger charge is -2.59. The molecule has 0 aromatic heterocycles. The molecule has 8 fully saturated rings. The van der Waals surface area contributed by atoms with Gasteiger partial charge in [0.1, 0.15) is 72.9 Å². The Morgan fingerprint density at radius 3 is 2.05 bits per heavy atom. The van der Waals surface area contributed by atoms with Gasteiger partial charge in [0.25, 0.3) is 0 Å². The largest absolute Gasteiger partial charge is 0.394 e. The predicted octanol–water partition coefficient (Wildman–Crippen LogP) is -0.213. The molecule has 5 heterocycles. The minimum atomic E-state index is -1.84. The molecule has 354 valence electrons. The van der Waals surface area contributed by atoms with Crippen LogP contribution in [0.2, 0.25) is 0 Å². The summed E-state index contributed by atoms with van der Waals surface area (Å²) in [6, 6.07) is 0. The molecule has 4 aliphatic carbocycles. The Morgan fingerprint density at radius 2 is 1.35 bits per heavy atom. The number of aliphatic hydroxyl groups excluding tert-OH is 9. The number of hydrogen-bond acceptors (Lipinski definition) is 17. The molecule has 0 radical (unpaired) electrons. The molecular formula is C45H73NO16. The molecule has 1 spiro atoms. The fourth-order valence-electron chi connectivity index (χ4n) is 14.2. The Hall–Kier alpha value is -0.940. The summed E-state index contributed by atoms with van der Waals surface area (Å²) in [5.41, 5.74) is 1.32.